The van der Waals surface area contributed by atoms with E-state index in [0.29, 0.717) is 32.8 Å². The standard InChI is InChI=1S/C15H29NO4/c1-4-9-16-15(14(17)19-6-3)8-7-13(12-15)20-11-10-18-5-2/h13,16H,4-12H2,1-3H3. The highest BCUT2D eigenvalue weighted by atomic mass is 16.5. The topological polar surface area (TPSA) is 56.8 Å². The molecular weight excluding hydrogens is 258 g/mol. The summed E-state index contributed by atoms with van der Waals surface area (Å²) in [6.07, 6.45) is 3.48. The van der Waals surface area contributed by atoms with E-state index in [4.69, 9.17) is 14.2 Å². The Morgan fingerprint density at radius 2 is 2.05 bits per heavy atom. The van der Waals surface area contributed by atoms with Crippen LogP contribution in [0.2, 0.25) is 0 Å². The van der Waals surface area contributed by atoms with E-state index < -0.39 is 5.54 Å². The molecule has 0 aliphatic heterocycles. The lowest BCUT2D eigenvalue weighted by molar-refractivity contribution is -0.151. The van der Waals surface area contributed by atoms with Crippen molar-refractivity contribution >= 4 is 5.97 Å². The van der Waals surface area contributed by atoms with Gasteiger partial charge in [-0.25, -0.2) is 0 Å². The van der Waals surface area contributed by atoms with E-state index in [1.165, 1.54) is 0 Å². The fraction of sp³-hybridized carbons (Fsp3) is 0.933. The number of carbonyl (C=O) groups excluding carboxylic acids is 1. The van der Waals surface area contributed by atoms with Crippen molar-refractivity contribution in [2.45, 2.75) is 58.1 Å². The quantitative estimate of drug-likeness (QED) is 0.491. The second kappa shape index (κ2) is 9.32. The van der Waals surface area contributed by atoms with Crippen LogP contribution in [0.25, 0.3) is 0 Å². The molecule has 0 aromatic carbocycles. The summed E-state index contributed by atoms with van der Waals surface area (Å²) in [5.74, 6) is -0.135. The van der Waals surface area contributed by atoms with Crippen LogP contribution in [0.5, 0.6) is 0 Å². The van der Waals surface area contributed by atoms with Gasteiger partial charge in [0.05, 0.1) is 25.9 Å². The van der Waals surface area contributed by atoms with Gasteiger partial charge >= 0.3 is 5.97 Å². The molecule has 0 bridgehead atoms. The highest BCUT2D eigenvalue weighted by Crippen LogP contribution is 2.33. The van der Waals surface area contributed by atoms with Gasteiger partial charge in [0.1, 0.15) is 5.54 Å². The van der Waals surface area contributed by atoms with Gasteiger partial charge in [0.15, 0.2) is 0 Å². The van der Waals surface area contributed by atoms with Gasteiger partial charge in [-0.15, -0.1) is 0 Å². The molecule has 0 amide bonds. The van der Waals surface area contributed by atoms with Crippen LogP contribution < -0.4 is 5.32 Å². The normalized spacial score (nSPS) is 25.9. The highest BCUT2D eigenvalue weighted by Gasteiger charge is 2.46. The number of carbonyl (C=O) groups is 1. The molecule has 1 aliphatic rings. The van der Waals surface area contributed by atoms with E-state index in [2.05, 4.69) is 12.2 Å². The lowest BCUT2D eigenvalue weighted by Gasteiger charge is -2.28. The van der Waals surface area contributed by atoms with Crippen LogP contribution in [-0.2, 0) is 19.0 Å². The van der Waals surface area contributed by atoms with E-state index in [1.54, 1.807) is 0 Å². The van der Waals surface area contributed by atoms with Gasteiger partial charge in [-0.05, 0) is 39.7 Å². The SMILES string of the molecule is CCCNC1(C(=O)OCC)CCC(OCCOCC)C1. The lowest BCUT2D eigenvalue weighted by atomic mass is 9.97. The van der Waals surface area contributed by atoms with Gasteiger partial charge in [-0.3, -0.25) is 4.79 Å². The Morgan fingerprint density at radius 3 is 2.70 bits per heavy atom. The molecule has 1 rings (SSSR count). The molecule has 1 saturated carbocycles. The first-order valence-corrected chi connectivity index (χ1v) is 7.80. The molecule has 0 saturated heterocycles. The Balaban J connectivity index is 2.48. The van der Waals surface area contributed by atoms with Crippen molar-refractivity contribution in [1.29, 1.82) is 0 Å². The zero-order valence-corrected chi connectivity index (χ0v) is 13.1. The summed E-state index contributed by atoms with van der Waals surface area (Å²) in [7, 11) is 0. The molecule has 0 aromatic heterocycles. The molecule has 1 aliphatic carbocycles. The summed E-state index contributed by atoms with van der Waals surface area (Å²) in [5.41, 5.74) is -0.553. The van der Waals surface area contributed by atoms with Gasteiger partial charge in [0.2, 0.25) is 0 Å². The largest absolute Gasteiger partial charge is 0.465 e. The minimum Gasteiger partial charge on any atom is -0.465 e. The summed E-state index contributed by atoms with van der Waals surface area (Å²) in [6, 6.07) is 0. The first kappa shape index (κ1) is 17.4. The van der Waals surface area contributed by atoms with E-state index >= 15 is 0 Å². The van der Waals surface area contributed by atoms with Gasteiger partial charge in [-0.2, -0.15) is 0 Å². The molecule has 0 heterocycles. The van der Waals surface area contributed by atoms with Crippen molar-refractivity contribution in [3.8, 4) is 0 Å². The molecule has 5 heteroatoms. The fourth-order valence-electron chi connectivity index (χ4n) is 2.61. The summed E-state index contributed by atoms with van der Waals surface area (Å²) in [6.45, 7) is 9.06. The molecule has 20 heavy (non-hydrogen) atoms. The average Bonchev–Trinajstić information content (AvgIpc) is 2.87. The Hall–Kier alpha value is -0.650. The van der Waals surface area contributed by atoms with Crippen molar-refractivity contribution in [2.75, 3.05) is 33.0 Å². The molecule has 1 N–H and O–H groups in total. The third kappa shape index (κ3) is 5.04. The Kier molecular flexibility index (Phi) is 8.11. The lowest BCUT2D eigenvalue weighted by Crippen LogP contribution is -2.51. The predicted octanol–water partition coefficient (Wildman–Crippen LogP) is 1.89. The third-order valence-corrected chi connectivity index (χ3v) is 3.63. The van der Waals surface area contributed by atoms with Crippen LogP contribution in [0.15, 0.2) is 0 Å². The molecule has 118 valence electrons. The Labute approximate surface area is 122 Å². The number of ether oxygens (including phenoxy) is 3. The first-order valence-electron chi connectivity index (χ1n) is 7.80. The average molecular weight is 287 g/mol. The molecule has 0 radical (unpaired) electrons. The molecule has 2 atom stereocenters. The number of esters is 1. The van der Waals surface area contributed by atoms with E-state index in [0.717, 1.165) is 25.8 Å². The van der Waals surface area contributed by atoms with Crippen molar-refractivity contribution in [3.63, 3.8) is 0 Å². The zero-order chi connectivity index (χ0) is 14.8. The zero-order valence-electron chi connectivity index (χ0n) is 13.1. The molecule has 0 spiro atoms. The number of hydrogen-bond donors (Lipinski definition) is 1. The molecule has 0 aromatic rings. The molecular formula is C15H29NO4. The maximum absolute atomic E-state index is 12.2. The van der Waals surface area contributed by atoms with Gasteiger partial charge < -0.3 is 19.5 Å². The number of rotatable bonds is 10. The smallest absolute Gasteiger partial charge is 0.326 e. The Morgan fingerprint density at radius 1 is 1.25 bits per heavy atom. The van der Waals surface area contributed by atoms with Crippen LogP contribution in [0.4, 0.5) is 0 Å². The second-order valence-electron chi connectivity index (χ2n) is 5.16. The van der Waals surface area contributed by atoms with Crippen LogP contribution in [0.3, 0.4) is 0 Å². The van der Waals surface area contributed by atoms with Crippen LogP contribution in [0, 0.1) is 0 Å². The summed E-state index contributed by atoms with van der Waals surface area (Å²) in [4.78, 5) is 12.2. The molecule has 2 unspecified atom stereocenters. The van der Waals surface area contributed by atoms with Gasteiger partial charge in [0, 0.05) is 13.0 Å². The van der Waals surface area contributed by atoms with Crippen molar-refractivity contribution in [2.24, 2.45) is 0 Å². The minimum absolute atomic E-state index is 0.115. The van der Waals surface area contributed by atoms with Crippen molar-refractivity contribution < 1.29 is 19.0 Å². The van der Waals surface area contributed by atoms with Crippen molar-refractivity contribution in [1.82, 2.24) is 5.32 Å². The third-order valence-electron chi connectivity index (χ3n) is 3.63. The van der Waals surface area contributed by atoms with Crippen LogP contribution in [-0.4, -0.2) is 50.6 Å². The maximum Gasteiger partial charge on any atom is 0.326 e. The van der Waals surface area contributed by atoms with Gasteiger partial charge in [-0.1, -0.05) is 6.92 Å². The highest BCUT2D eigenvalue weighted by molar-refractivity contribution is 5.81. The first-order chi connectivity index (χ1) is 9.68. The predicted molar refractivity (Wildman–Crippen MR) is 77.7 cm³/mol. The van der Waals surface area contributed by atoms with E-state index in [9.17, 15) is 4.79 Å². The monoisotopic (exact) mass is 287 g/mol. The second-order valence-corrected chi connectivity index (χ2v) is 5.16. The summed E-state index contributed by atoms with van der Waals surface area (Å²) >= 11 is 0. The summed E-state index contributed by atoms with van der Waals surface area (Å²) in [5, 5.41) is 3.38. The van der Waals surface area contributed by atoms with Crippen LogP contribution >= 0.6 is 0 Å². The van der Waals surface area contributed by atoms with Crippen molar-refractivity contribution in [3.05, 3.63) is 0 Å². The number of nitrogens with one attached hydrogen (secondary N) is 1. The minimum atomic E-state index is -0.553. The Bertz CT molecular complexity index is 285. The van der Waals surface area contributed by atoms with Gasteiger partial charge in [0.25, 0.3) is 0 Å². The number of hydrogen-bond acceptors (Lipinski definition) is 5. The summed E-state index contributed by atoms with van der Waals surface area (Å²) < 4.78 is 16.3. The molecule has 5 nitrogen and oxygen atoms in total. The molecule has 1 fully saturated rings. The maximum atomic E-state index is 12.2. The van der Waals surface area contributed by atoms with E-state index in [1.807, 2.05) is 13.8 Å². The van der Waals surface area contributed by atoms with Crippen LogP contribution in [0.1, 0.15) is 46.5 Å². The van der Waals surface area contributed by atoms with E-state index in [-0.39, 0.29) is 12.1 Å². The fourth-order valence-corrected chi connectivity index (χ4v) is 2.61.